The Hall–Kier alpha value is -2.91. The van der Waals surface area contributed by atoms with E-state index in [1.807, 2.05) is 32.2 Å². The third-order valence-electron chi connectivity index (χ3n) is 5.64. The zero-order chi connectivity index (χ0) is 22.5. The Kier molecular flexibility index (Phi) is 7.06. The summed E-state index contributed by atoms with van der Waals surface area (Å²) in [5.74, 6) is 2.28. The maximum atomic E-state index is 12.9. The number of amides is 1. The maximum Gasteiger partial charge on any atom is 0.254 e. The Balaban J connectivity index is 1.35. The lowest BCUT2D eigenvalue weighted by molar-refractivity contribution is 0.0947. The van der Waals surface area contributed by atoms with Crippen molar-refractivity contribution in [2.75, 3.05) is 38.1 Å². The van der Waals surface area contributed by atoms with E-state index in [-0.39, 0.29) is 5.91 Å². The number of anilines is 1. The van der Waals surface area contributed by atoms with Gasteiger partial charge in [0.25, 0.3) is 5.91 Å². The number of piperazine rings is 1. The largest absolute Gasteiger partial charge is 0.361 e. The van der Waals surface area contributed by atoms with Gasteiger partial charge >= 0.3 is 0 Å². The quantitative estimate of drug-likeness (QED) is 0.548. The number of carbonyl (C=O) groups excluding carboxylic acids is 1. The Bertz CT molecular complexity index is 1040. The van der Waals surface area contributed by atoms with E-state index in [4.69, 9.17) is 4.52 Å². The predicted octanol–water partition coefficient (Wildman–Crippen LogP) is 3.06. The molecule has 1 N–H and O–H groups in total. The SMILES string of the molecule is Cc1noc(C)c1CSc1ncccc1C(=O)NCc1ccc(N2CCN(C)CC2)nc1. The fourth-order valence-electron chi connectivity index (χ4n) is 3.55. The first kappa shape index (κ1) is 22.3. The van der Waals surface area contributed by atoms with Crippen LogP contribution in [0, 0.1) is 13.8 Å². The number of pyridine rings is 2. The van der Waals surface area contributed by atoms with E-state index in [1.54, 1.807) is 18.3 Å². The number of nitrogens with one attached hydrogen (secondary N) is 1. The third-order valence-corrected chi connectivity index (χ3v) is 6.67. The van der Waals surface area contributed by atoms with Crippen LogP contribution in [0.4, 0.5) is 5.82 Å². The standard InChI is InChI=1S/C23H28N6O2S/c1-16-20(17(2)31-27-16)15-32-23-19(5-4-8-24-23)22(30)26-14-18-6-7-21(25-13-18)29-11-9-28(3)10-12-29/h4-8,13H,9-12,14-15H2,1-3H3,(H,26,30). The summed E-state index contributed by atoms with van der Waals surface area (Å²) in [5, 5.41) is 7.67. The second-order valence-electron chi connectivity index (χ2n) is 7.95. The van der Waals surface area contributed by atoms with E-state index in [2.05, 4.69) is 37.3 Å². The van der Waals surface area contributed by atoms with Crippen molar-refractivity contribution in [2.45, 2.75) is 31.2 Å². The molecule has 1 saturated heterocycles. The van der Waals surface area contributed by atoms with Gasteiger partial charge in [0.15, 0.2) is 0 Å². The minimum absolute atomic E-state index is 0.150. The molecular formula is C23H28N6O2S. The van der Waals surface area contributed by atoms with Crippen LogP contribution in [0.25, 0.3) is 0 Å². The van der Waals surface area contributed by atoms with Crippen LogP contribution in [0.3, 0.4) is 0 Å². The molecule has 3 aromatic rings. The van der Waals surface area contributed by atoms with Crippen LogP contribution >= 0.6 is 11.8 Å². The molecule has 0 unspecified atom stereocenters. The van der Waals surface area contributed by atoms with Gasteiger partial charge in [-0.1, -0.05) is 11.2 Å². The summed E-state index contributed by atoms with van der Waals surface area (Å²) in [4.78, 5) is 26.5. The number of rotatable bonds is 7. The summed E-state index contributed by atoms with van der Waals surface area (Å²) < 4.78 is 5.23. The van der Waals surface area contributed by atoms with Crippen LogP contribution in [0.15, 0.2) is 46.2 Å². The van der Waals surface area contributed by atoms with Gasteiger partial charge < -0.3 is 19.6 Å². The molecule has 1 amide bonds. The minimum Gasteiger partial charge on any atom is -0.361 e. The first-order valence-electron chi connectivity index (χ1n) is 10.7. The molecule has 8 nitrogen and oxygen atoms in total. The van der Waals surface area contributed by atoms with Gasteiger partial charge in [-0.3, -0.25) is 4.79 Å². The molecule has 0 atom stereocenters. The highest BCUT2D eigenvalue weighted by Gasteiger charge is 2.17. The summed E-state index contributed by atoms with van der Waals surface area (Å²) in [6, 6.07) is 7.63. The highest BCUT2D eigenvalue weighted by atomic mass is 32.2. The zero-order valence-corrected chi connectivity index (χ0v) is 19.5. The van der Waals surface area contributed by atoms with E-state index < -0.39 is 0 Å². The zero-order valence-electron chi connectivity index (χ0n) is 18.7. The molecule has 168 valence electrons. The maximum absolute atomic E-state index is 12.9. The average Bonchev–Trinajstić information content (AvgIpc) is 3.14. The van der Waals surface area contributed by atoms with Crippen molar-refractivity contribution < 1.29 is 9.32 Å². The van der Waals surface area contributed by atoms with Gasteiger partial charge in [0.05, 0.1) is 11.3 Å². The van der Waals surface area contributed by atoms with Gasteiger partial charge in [0.2, 0.25) is 0 Å². The normalized spacial score (nSPS) is 14.5. The molecule has 4 heterocycles. The van der Waals surface area contributed by atoms with Crippen molar-refractivity contribution in [1.82, 2.24) is 25.3 Å². The summed E-state index contributed by atoms with van der Waals surface area (Å²) >= 11 is 1.51. The van der Waals surface area contributed by atoms with Crippen LogP contribution in [-0.4, -0.2) is 59.2 Å². The topological polar surface area (TPSA) is 87.4 Å². The van der Waals surface area contributed by atoms with Crippen LogP contribution in [0.1, 0.15) is 32.9 Å². The molecular weight excluding hydrogens is 424 g/mol. The van der Waals surface area contributed by atoms with E-state index in [9.17, 15) is 4.79 Å². The molecule has 1 fully saturated rings. The summed E-state index contributed by atoms with van der Waals surface area (Å²) in [7, 11) is 2.14. The van der Waals surface area contributed by atoms with Gasteiger partial charge in [-0.05, 0) is 44.7 Å². The van der Waals surface area contributed by atoms with E-state index in [0.29, 0.717) is 22.9 Å². The van der Waals surface area contributed by atoms with Gasteiger partial charge in [-0.2, -0.15) is 0 Å². The number of hydrogen-bond acceptors (Lipinski definition) is 8. The van der Waals surface area contributed by atoms with Gasteiger partial charge in [-0.15, -0.1) is 11.8 Å². The number of aromatic nitrogens is 3. The summed E-state index contributed by atoms with van der Waals surface area (Å²) in [5.41, 5.74) is 3.43. The van der Waals surface area contributed by atoms with Crippen molar-refractivity contribution >= 4 is 23.5 Å². The molecule has 1 aliphatic heterocycles. The highest BCUT2D eigenvalue weighted by molar-refractivity contribution is 7.98. The Morgan fingerprint density at radius 3 is 2.66 bits per heavy atom. The fourth-order valence-corrected chi connectivity index (χ4v) is 4.69. The van der Waals surface area contributed by atoms with Gasteiger partial charge in [0, 0.05) is 56.4 Å². The second kappa shape index (κ2) is 10.1. The fraction of sp³-hybridized carbons (Fsp3) is 0.391. The lowest BCUT2D eigenvalue weighted by Gasteiger charge is -2.33. The molecule has 9 heteroatoms. The van der Waals surface area contributed by atoms with Crippen molar-refractivity contribution in [3.63, 3.8) is 0 Å². The number of carbonyl (C=O) groups is 1. The van der Waals surface area contributed by atoms with Gasteiger partial charge in [-0.25, -0.2) is 9.97 Å². The third kappa shape index (κ3) is 5.28. The Labute approximate surface area is 192 Å². The summed E-state index contributed by atoms with van der Waals surface area (Å²) in [6.07, 6.45) is 3.54. The minimum atomic E-state index is -0.150. The molecule has 0 aromatic carbocycles. The number of nitrogens with zero attached hydrogens (tertiary/aromatic N) is 5. The first-order valence-corrected chi connectivity index (χ1v) is 11.7. The monoisotopic (exact) mass is 452 g/mol. The van der Waals surface area contributed by atoms with Crippen LogP contribution in [0.5, 0.6) is 0 Å². The lowest BCUT2D eigenvalue weighted by atomic mass is 10.2. The summed E-state index contributed by atoms with van der Waals surface area (Å²) in [6.45, 7) is 8.27. The molecule has 0 spiro atoms. The Morgan fingerprint density at radius 1 is 1.16 bits per heavy atom. The van der Waals surface area contributed by atoms with Crippen molar-refractivity contribution in [1.29, 1.82) is 0 Å². The highest BCUT2D eigenvalue weighted by Crippen LogP contribution is 2.27. The number of thioether (sulfide) groups is 1. The predicted molar refractivity (Wildman–Crippen MR) is 125 cm³/mol. The molecule has 1 aliphatic rings. The van der Waals surface area contributed by atoms with Crippen LogP contribution in [-0.2, 0) is 12.3 Å². The smallest absolute Gasteiger partial charge is 0.254 e. The van der Waals surface area contributed by atoms with Crippen LogP contribution < -0.4 is 10.2 Å². The molecule has 0 saturated carbocycles. The molecule has 4 rings (SSSR count). The van der Waals surface area contributed by atoms with E-state index >= 15 is 0 Å². The molecule has 0 bridgehead atoms. The van der Waals surface area contributed by atoms with Crippen molar-refractivity contribution in [2.24, 2.45) is 0 Å². The number of hydrogen-bond donors (Lipinski definition) is 1. The number of aryl methyl sites for hydroxylation is 2. The van der Waals surface area contributed by atoms with Gasteiger partial charge in [0.1, 0.15) is 16.6 Å². The lowest BCUT2D eigenvalue weighted by Crippen LogP contribution is -2.44. The second-order valence-corrected chi connectivity index (χ2v) is 8.91. The Morgan fingerprint density at radius 2 is 1.97 bits per heavy atom. The first-order chi connectivity index (χ1) is 15.5. The molecule has 0 radical (unpaired) electrons. The molecule has 3 aromatic heterocycles. The van der Waals surface area contributed by atoms with E-state index in [0.717, 1.165) is 54.6 Å². The van der Waals surface area contributed by atoms with Crippen LogP contribution in [0.2, 0.25) is 0 Å². The van der Waals surface area contributed by atoms with Crippen molar-refractivity contribution in [3.05, 3.63) is 64.8 Å². The molecule has 32 heavy (non-hydrogen) atoms. The average molecular weight is 453 g/mol. The molecule has 0 aliphatic carbocycles. The van der Waals surface area contributed by atoms with Crippen molar-refractivity contribution in [3.8, 4) is 0 Å². The number of likely N-dealkylation sites (N-methyl/N-ethyl adjacent to an activating group) is 1. The van der Waals surface area contributed by atoms with E-state index in [1.165, 1.54) is 11.8 Å².